The van der Waals surface area contributed by atoms with Crippen molar-refractivity contribution in [2.75, 3.05) is 7.11 Å². The Morgan fingerprint density at radius 3 is 2.57 bits per heavy atom. The fraction of sp³-hybridized carbons (Fsp3) is 0.300. The quantitative estimate of drug-likeness (QED) is 0.427. The number of benzene rings is 1. The predicted molar refractivity (Wildman–Crippen MR) is 51.1 cm³/mol. The molecular weight excluding hydrogens is 182 g/mol. The van der Waals surface area contributed by atoms with Gasteiger partial charge in [0, 0.05) is 6.07 Å². The molecule has 1 rings (SSSR count). The zero-order chi connectivity index (χ0) is 10.7. The van der Waals surface area contributed by atoms with Crippen LogP contribution in [0.3, 0.4) is 0 Å². The standard InChI is InChI=1S/C10H13NO3/c1-6-4-9(11-13)8(7(2)12)5-10(6)14-3/h4-5,11,13H,1-3H3/p+1. The largest absolute Gasteiger partial charge is 0.496 e. The zero-order valence-corrected chi connectivity index (χ0v) is 8.50. The second kappa shape index (κ2) is 4.21. The van der Waals surface area contributed by atoms with Gasteiger partial charge in [-0.1, -0.05) is 0 Å². The van der Waals surface area contributed by atoms with Crippen molar-refractivity contribution >= 4 is 11.5 Å². The fourth-order valence-corrected chi connectivity index (χ4v) is 1.34. The number of hydrogen-bond donors (Lipinski definition) is 2. The lowest BCUT2D eigenvalue weighted by molar-refractivity contribution is -0.825. The summed E-state index contributed by atoms with van der Waals surface area (Å²) in [5.41, 5.74) is 2.81. The first-order chi connectivity index (χ1) is 6.60. The summed E-state index contributed by atoms with van der Waals surface area (Å²) in [6.07, 6.45) is 0. The topological polar surface area (TPSA) is 63.1 Å². The Hall–Kier alpha value is -1.39. The van der Waals surface area contributed by atoms with Crippen molar-refractivity contribution < 1.29 is 20.2 Å². The van der Waals surface area contributed by atoms with E-state index in [0.717, 1.165) is 11.0 Å². The maximum absolute atomic E-state index is 11.2. The highest BCUT2D eigenvalue weighted by Crippen LogP contribution is 2.24. The van der Waals surface area contributed by atoms with Gasteiger partial charge in [0.05, 0.1) is 12.7 Å². The summed E-state index contributed by atoms with van der Waals surface area (Å²) in [4.78, 5) is 11.2. The lowest BCUT2D eigenvalue weighted by Crippen LogP contribution is -2.74. The van der Waals surface area contributed by atoms with E-state index in [0.29, 0.717) is 17.0 Å². The van der Waals surface area contributed by atoms with E-state index in [1.165, 1.54) is 6.92 Å². The van der Waals surface area contributed by atoms with Crippen LogP contribution < -0.4 is 10.2 Å². The summed E-state index contributed by atoms with van der Waals surface area (Å²) in [6, 6.07) is 3.36. The van der Waals surface area contributed by atoms with Crippen LogP contribution in [-0.2, 0) is 0 Å². The van der Waals surface area contributed by atoms with Crippen LogP contribution in [0.25, 0.3) is 0 Å². The van der Waals surface area contributed by atoms with Crippen molar-refractivity contribution in [1.29, 1.82) is 0 Å². The summed E-state index contributed by atoms with van der Waals surface area (Å²) in [5.74, 6) is 0.560. The van der Waals surface area contributed by atoms with Gasteiger partial charge in [0.1, 0.15) is 5.75 Å². The lowest BCUT2D eigenvalue weighted by atomic mass is 10.1. The molecule has 4 heteroatoms. The number of hydrogen-bond acceptors (Lipinski definition) is 3. The minimum atomic E-state index is -0.0939. The van der Waals surface area contributed by atoms with E-state index in [1.807, 2.05) is 6.92 Å². The second-order valence-electron chi connectivity index (χ2n) is 3.09. The third-order valence-corrected chi connectivity index (χ3v) is 2.09. The SMILES string of the molecule is COc1cc(C(C)=O)c([NH2+]O)cc1C. The number of ether oxygens (including phenoxy) is 1. The van der Waals surface area contributed by atoms with E-state index in [4.69, 9.17) is 9.94 Å². The van der Waals surface area contributed by atoms with Crippen LogP contribution in [0.15, 0.2) is 12.1 Å². The summed E-state index contributed by atoms with van der Waals surface area (Å²) >= 11 is 0. The summed E-state index contributed by atoms with van der Waals surface area (Å²) in [6.45, 7) is 3.31. The number of ketones is 1. The van der Waals surface area contributed by atoms with Gasteiger partial charge < -0.3 is 4.74 Å². The van der Waals surface area contributed by atoms with Gasteiger partial charge in [0.25, 0.3) is 0 Å². The molecule has 0 unspecified atom stereocenters. The summed E-state index contributed by atoms with van der Waals surface area (Å²) in [5, 5.41) is 8.94. The molecule has 0 aliphatic carbocycles. The molecule has 3 N–H and O–H groups in total. The molecule has 4 nitrogen and oxygen atoms in total. The molecule has 0 aliphatic heterocycles. The van der Waals surface area contributed by atoms with Gasteiger partial charge in [-0.05, 0) is 25.5 Å². The van der Waals surface area contributed by atoms with Gasteiger partial charge in [-0.25, -0.2) is 5.21 Å². The number of carbonyl (C=O) groups is 1. The van der Waals surface area contributed by atoms with E-state index >= 15 is 0 Å². The molecule has 0 amide bonds. The average molecular weight is 196 g/mol. The van der Waals surface area contributed by atoms with Crippen LogP contribution >= 0.6 is 0 Å². The van der Waals surface area contributed by atoms with E-state index in [2.05, 4.69) is 0 Å². The summed E-state index contributed by atoms with van der Waals surface area (Å²) in [7, 11) is 1.55. The molecule has 0 bridgehead atoms. The Bertz CT molecular complexity index is 361. The van der Waals surface area contributed by atoms with Crippen molar-refractivity contribution in [2.45, 2.75) is 13.8 Å². The maximum Gasteiger partial charge on any atom is 0.173 e. The smallest absolute Gasteiger partial charge is 0.173 e. The van der Waals surface area contributed by atoms with Crippen molar-refractivity contribution in [3.8, 4) is 5.75 Å². The van der Waals surface area contributed by atoms with Crippen LogP contribution in [0.1, 0.15) is 22.8 Å². The molecule has 14 heavy (non-hydrogen) atoms. The number of aryl methyl sites for hydroxylation is 1. The number of rotatable bonds is 3. The number of carbonyl (C=O) groups excluding carboxylic acids is 1. The molecule has 0 aliphatic rings. The molecule has 0 saturated heterocycles. The fourth-order valence-electron chi connectivity index (χ4n) is 1.34. The number of nitrogens with two attached hydrogens (primary N) is 1. The monoisotopic (exact) mass is 196 g/mol. The number of methoxy groups -OCH3 is 1. The van der Waals surface area contributed by atoms with E-state index < -0.39 is 0 Å². The lowest BCUT2D eigenvalue weighted by Gasteiger charge is -2.07. The first kappa shape index (κ1) is 10.7. The number of Topliss-reactive ketones (excluding diaryl/α,β-unsaturated/α-hetero) is 1. The molecule has 0 fully saturated rings. The van der Waals surface area contributed by atoms with Crippen molar-refractivity contribution in [2.24, 2.45) is 0 Å². The molecule has 1 aromatic carbocycles. The Morgan fingerprint density at radius 1 is 1.50 bits per heavy atom. The highest BCUT2D eigenvalue weighted by Gasteiger charge is 2.14. The van der Waals surface area contributed by atoms with Gasteiger partial charge >= 0.3 is 0 Å². The molecule has 0 aromatic heterocycles. The molecule has 0 atom stereocenters. The van der Waals surface area contributed by atoms with Gasteiger partial charge in [0.2, 0.25) is 0 Å². The van der Waals surface area contributed by atoms with Crippen LogP contribution in [0.4, 0.5) is 5.69 Å². The first-order valence-corrected chi connectivity index (χ1v) is 4.27. The van der Waals surface area contributed by atoms with Crippen LogP contribution in [0.2, 0.25) is 0 Å². The highest BCUT2D eigenvalue weighted by molar-refractivity contribution is 5.98. The average Bonchev–Trinajstić information content (AvgIpc) is 2.16. The molecular formula is C10H14NO3+. The Morgan fingerprint density at radius 2 is 2.14 bits per heavy atom. The van der Waals surface area contributed by atoms with Crippen molar-refractivity contribution in [3.05, 3.63) is 23.3 Å². The maximum atomic E-state index is 11.2. The minimum absolute atomic E-state index is 0.0939. The van der Waals surface area contributed by atoms with Gasteiger partial charge in [-0.3, -0.25) is 4.79 Å². The normalized spacial score (nSPS) is 10.0. The molecule has 76 valence electrons. The molecule has 0 radical (unpaired) electrons. The molecule has 0 saturated carbocycles. The van der Waals surface area contributed by atoms with Crippen LogP contribution in [0, 0.1) is 6.92 Å². The third kappa shape index (κ3) is 1.92. The van der Waals surface area contributed by atoms with E-state index in [1.54, 1.807) is 19.2 Å². The van der Waals surface area contributed by atoms with Crippen molar-refractivity contribution in [3.63, 3.8) is 0 Å². The van der Waals surface area contributed by atoms with E-state index in [9.17, 15) is 4.79 Å². The summed E-state index contributed by atoms with van der Waals surface area (Å²) < 4.78 is 5.09. The Kier molecular flexibility index (Phi) is 3.22. The molecule has 1 aromatic rings. The highest BCUT2D eigenvalue weighted by atomic mass is 16.5. The predicted octanol–water partition coefficient (Wildman–Crippen LogP) is 0.790. The van der Waals surface area contributed by atoms with Crippen molar-refractivity contribution in [1.82, 2.24) is 0 Å². The minimum Gasteiger partial charge on any atom is -0.496 e. The van der Waals surface area contributed by atoms with Crippen LogP contribution in [0.5, 0.6) is 5.75 Å². The van der Waals surface area contributed by atoms with Gasteiger partial charge in [0.15, 0.2) is 11.5 Å². The van der Waals surface area contributed by atoms with Gasteiger partial charge in [-0.2, -0.15) is 5.48 Å². The molecule has 0 spiro atoms. The first-order valence-electron chi connectivity index (χ1n) is 4.27. The second-order valence-corrected chi connectivity index (χ2v) is 3.09. The van der Waals surface area contributed by atoms with Crippen LogP contribution in [-0.4, -0.2) is 18.1 Å². The van der Waals surface area contributed by atoms with Gasteiger partial charge in [-0.15, -0.1) is 0 Å². The number of quaternary nitrogens is 1. The zero-order valence-electron chi connectivity index (χ0n) is 8.50. The van der Waals surface area contributed by atoms with E-state index in [-0.39, 0.29) is 5.78 Å². The Labute approximate surface area is 82.5 Å². The Balaban J connectivity index is 3.32. The molecule has 0 heterocycles. The third-order valence-electron chi connectivity index (χ3n) is 2.09.